The molecule has 0 atom stereocenters. The number of carboxylic acids is 1. The fourth-order valence-electron chi connectivity index (χ4n) is 2.91. The van der Waals surface area contributed by atoms with E-state index in [1.54, 1.807) is 6.07 Å². The standard InChI is InChI=1S/C23H19Cl2NO4.Li/c1-14-3-2-4-15(11-14)9-10-30-17-6-8-21(19(13-17)23(28)29)26-22(27)18-7-5-16(24)12-20(18)25;/h2-8,11-13H,9-10H2,1H3,(H,26,27)(H,28,29);/q;+1/p-1. The number of benzene rings is 3. The van der Waals surface area contributed by atoms with E-state index in [1.807, 2.05) is 25.1 Å². The first-order valence-electron chi connectivity index (χ1n) is 9.13. The zero-order chi connectivity index (χ0) is 21.7. The van der Waals surface area contributed by atoms with E-state index in [1.165, 1.54) is 30.3 Å². The summed E-state index contributed by atoms with van der Waals surface area (Å²) in [5.41, 5.74) is 2.34. The quantitative estimate of drug-likeness (QED) is 0.555. The molecule has 1 amide bonds. The number of nitrogens with one attached hydrogen (secondary N) is 1. The number of hydrogen-bond donors (Lipinski definition) is 1. The summed E-state index contributed by atoms with van der Waals surface area (Å²) in [4.78, 5) is 24.1. The van der Waals surface area contributed by atoms with Crippen LogP contribution in [0.15, 0.2) is 60.7 Å². The van der Waals surface area contributed by atoms with Crippen molar-refractivity contribution < 1.29 is 38.3 Å². The van der Waals surface area contributed by atoms with Gasteiger partial charge >= 0.3 is 18.9 Å². The summed E-state index contributed by atoms with van der Waals surface area (Å²) >= 11 is 11.9. The first kappa shape index (κ1) is 24.8. The predicted octanol–water partition coefficient (Wildman–Crippen LogP) is 1.54. The van der Waals surface area contributed by atoms with Crippen LogP contribution in [0, 0.1) is 6.92 Å². The Morgan fingerprint density at radius 2 is 1.77 bits per heavy atom. The second kappa shape index (κ2) is 11.3. The molecule has 0 saturated heterocycles. The molecule has 154 valence electrons. The van der Waals surface area contributed by atoms with E-state index in [4.69, 9.17) is 27.9 Å². The number of aryl methyl sites for hydroxylation is 1. The molecule has 0 bridgehead atoms. The van der Waals surface area contributed by atoms with Crippen LogP contribution in [-0.2, 0) is 6.42 Å². The Kier molecular flexibility index (Phi) is 9.03. The molecule has 8 heteroatoms. The normalized spacial score (nSPS) is 10.2. The van der Waals surface area contributed by atoms with Gasteiger partial charge in [-0.05, 0) is 48.9 Å². The molecule has 0 spiro atoms. The molecule has 31 heavy (non-hydrogen) atoms. The number of rotatable bonds is 7. The van der Waals surface area contributed by atoms with Gasteiger partial charge in [0.05, 0.1) is 28.8 Å². The summed E-state index contributed by atoms with van der Waals surface area (Å²) in [5, 5.41) is 14.7. The molecular weight excluding hydrogens is 432 g/mol. The molecule has 3 rings (SSSR count). The maximum Gasteiger partial charge on any atom is 1.00 e. The third-order valence-electron chi connectivity index (χ3n) is 4.38. The maximum atomic E-state index is 12.5. The van der Waals surface area contributed by atoms with Gasteiger partial charge in [-0.1, -0.05) is 53.0 Å². The summed E-state index contributed by atoms with van der Waals surface area (Å²) < 4.78 is 5.68. The predicted molar refractivity (Wildman–Crippen MR) is 116 cm³/mol. The van der Waals surface area contributed by atoms with Crippen molar-refractivity contribution in [3.8, 4) is 5.75 Å². The zero-order valence-electron chi connectivity index (χ0n) is 17.1. The van der Waals surface area contributed by atoms with Crippen molar-refractivity contribution in [2.75, 3.05) is 11.9 Å². The average molecular weight is 450 g/mol. The molecule has 0 heterocycles. The van der Waals surface area contributed by atoms with Crippen LogP contribution < -0.4 is 34.0 Å². The van der Waals surface area contributed by atoms with Gasteiger partial charge < -0.3 is 20.0 Å². The fraction of sp³-hybridized carbons (Fsp3) is 0.130. The molecule has 0 fully saturated rings. The number of anilines is 1. The summed E-state index contributed by atoms with van der Waals surface area (Å²) in [5.74, 6) is -1.63. The van der Waals surface area contributed by atoms with Gasteiger partial charge in [0.2, 0.25) is 0 Å². The minimum atomic E-state index is -1.43. The van der Waals surface area contributed by atoms with Crippen molar-refractivity contribution in [3.05, 3.63) is 93.0 Å². The molecule has 0 unspecified atom stereocenters. The molecule has 0 aliphatic rings. The van der Waals surface area contributed by atoms with E-state index in [0.717, 1.165) is 11.1 Å². The van der Waals surface area contributed by atoms with Crippen LogP contribution in [0.1, 0.15) is 31.8 Å². The van der Waals surface area contributed by atoms with Gasteiger partial charge in [-0.25, -0.2) is 0 Å². The van der Waals surface area contributed by atoms with Gasteiger partial charge in [-0.3, -0.25) is 4.79 Å². The minimum Gasteiger partial charge on any atom is -0.545 e. The van der Waals surface area contributed by atoms with Gasteiger partial charge in [0.15, 0.2) is 0 Å². The smallest absolute Gasteiger partial charge is 0.545 e. The SMILES string of the molecule is Cc1cccc(CCOc2ccc(NC(=O)c3ccc(Cl)cc3Cl)c(C(=O)[O-])c2)c1.[Li+]. The molecular formula is C23H18Cl2LiNO4. The molecule has 0 saturated carbocycles. The molecule has 0 aromatic heterocycles. The number of carbonyl (C=O) groups excluding carboxylic acids is 2. The van der Waals surface area contributed by atoms with Crippen LogP contribution in [0.2, 0.25) is 10.0 Å². The van der Waals surface area contributed by atoms with E-state index in [2.05, 4.69) is 11.4 Å². The van der Waals surface area contributed by atoms with Crippen LogP contribution >= 0.6 is 23.2 Å². The molecule has 5 nitrogen and oxygen atoms in total. The van der Waals surface area contributed by atoms with Crippen molar-refractivity contribution in [3.63, 3.8) is 0 Å². The van der Waals surface area contributed by atoms with E-state index < -0.39 is 11.9 Å². The van der Waals surface area contributed by atoms with Crippen molar-refractivity contribution >= 4 is 40.8 Å². The summed E-state index contributed by atoms with van der Waals surface area (Å²) in [6.45, 7) is 2.39. The second-order valence-electron chi connectivity index (χ2n) is 6.66. The summed E-state index contributed by atoms with van der Waals surface area (Å²) in [6, 6.07) is 16.8. The third-order valence-corrected chi connectivity index (χ3v) is 4.92. The average Bonchev–Trinajstić information content (AvgIpc) is 2.68. The molecule has 0 radical (unpaired) electrons. The number of amides is 1. The van der Waals surface area contributed by atoms with Crippen LogP contribution in [0.4, 0.5) is 5.69 Å². The van der Waals surface area contributed by atoms with Gasteiger partial charge in [-0.15, -0.1) is 0 Å². The zero-order valence-corrected chi connectivity index (χ0v) is 18.6. The third kappa shape index (κ3) is 6.78. The Morgan fingerprint density at radius 1 is 1.00 bits per heavy atom. The second-order valence-corrected chi connectivity index (χ2v) is 7.50. The topological polar surface area (TPSA) is 78.5 Å². The van der Waals surface area contributed by atoms with E-state index >= 15 is 0 Å². The van der Waals surface area contributed by atoms with Crippen molar-refractivity contribution in [2.45, 2.75) is 13.3 Å². The first-order valence-corrected chi connectivity index (χ1v) is 9.89. The van der Waals surface area contributed by atoms with E-state index in [9.17, 15) is 14.7 Å². The van der Waals surface area contributed by atoms with Gasteiger partial charge in [0, 0.05) is 17.0 Å². The summed E-state index contributed by atoms with van der Waals surface area (Å²) in [7, 11) is 0. The number of halogens is 2. The van der Waals surface area contributed by atoms with Crippen LogP contribution in [-0.4, -0.2) is 18.5 Å². The monoisotopic (exact) mass is 449 g/mol. The van der Waals surface area contributed by atoms with Crippen LogP contribution in [0.3, 0.4) is 0 Å². The van der Waals surface area contributed by atoms with Crippen LogP contribution in [0.5, 0.6) is 5.75 Å². The molecule has 0 aliphatic heterocycles. The van der Waals surface area contributed by atoms with Crippen LogP contribution in [0.25, 0.3) is 0 Å². The fourth-order valence-corrected chi connectivity index (χ4v) is 3.40. The number of hydrogen-bond acceptors (Lipinski definition) is 4. The van der Waals surface area contributed by atoms with Crippen molar-refractivity contribution in [1.82, 2.24) is 0 Å². The molecule has 3 aromatic carbocycles. The molecule has 1 N–H and O–H groups in total. The summed E-state index contributed by atoms with van der Waals surface area (Å²) in [6.07, 6.45) is 0.676. The first-order chi connectivity index (χ1) is 14.3. The largest absolute Gasteiger partial charge is 1.00 e. The number of ether oxygens (including phenoxy) is 1. The van der Waals surface area contributed by atoms with Gasteiger partial charge in [0.1, 0.15) is 5.75 Å². The van der Waals surface area contributed by atoms with Gasteiger partial charge in [-0.2, -0.15) is 0 Å². The van der Waals surface area contributed by atoms with E-state index in [0.29, 0.717) is 23.8 Å². The Hall–Kier alpha value is -2.42. The number of aromatic carboxylic acids is 1. The van der Waals surface area contributed by atoms with Crippen molar-refractivity contribution in [2.24, 2.45) is 0 Å². The minimum absolute atomic E-state index is 0. The Morgan fingerprint density at radius 3 is 2.45 bits per heavy atom. The maximum absolute atomic E-state index is 12.5. The number of carboxylic acid groups (broad SMARTS) is 1. The number of carbonyl (C=O) groups is 2. The molecule has 3 aromatic rings. The van der Waals surface area contributed by atoms with E-state index in [-0.39, 0.29) is 40.7 Å². The van der Waals surface area contributed by atoms with Gasteiger partial charge in [0.25, 0.3) is 5.91 Å². The van der Waals surface area contributed by atoms with Crippen molar-refractivity contribution in [1.29, 1.82) is 0 Å². The Bertz CT molecular complexity index is 1100. The molecule has 0 aliphatic carbocycles. The Labute approximate surface area is 202 Å². The Balaban J connectivity index is 0.00000341.